The number of aryl methyl sites for hydroxylation is 1. The van der Waals surface area contributed by atoms with Crippen molar-refractivity contribution in [2.75, 3.05) is 58.6 Å². The zero-order valence-corrected chi connectivity index (χ0v) is 26.7. The second-order valence-electron chi connectivity index (χ2n) is 11.2. The van der Waals surface area contributed by atoms with Crippen molar-refractivity contribution in [1.29, 1.82) is 0 Å². The van der Waals surface area contributed by atoms with Crippen molar-refractivity contribution in [1.82, 2.24) is 5.32 Å². The molecule has 238 valence electrons. The Balaban J connectivity index is 1.26. The molecule has 1 aliphatic rings. The van der Waals surface area contributed by atoms with Crippen molar-refractivity contribution in [3.05, 3.63) is 89.0 Å². The largest absolute Gasteiger partial charge is 0.496 e. The minimum atomic E-state index is 0.0312. The zero-order valence-electron chi connectivity index (χ0n) is 26.7. The molecule has 8 heteroatoms. The van der Waals surface area contributed by atoms with Crippen LogP contribution in [0.3, 0.4) is 0 Å². The topological polar surface area (TPSA) is 78.5 Å². The molecule has 0 spiro atoms. The van der Waals surface area contributed by atoms with Crippen molar-refractivity contribution in [2.45, 2.75) is 58.3 Å². The van der Waals surface area contributed by atoms with E-state index in [1.807, 2.05) is 36.1 Å². The maximum Gasteiger partial charge on any atom is 0.223 e. The molecule has 8 nitrogen and oxygen atoms in total. The quantitative estimate of drug-likeness (QED) is 0.188. The van der Waals surface area contributed by atoms with Gasteiger partial charge in [-0.3, -0.25) is 4.79 Å². The number of rotatable bonds is 17. The number of hydrogen-bond acceptors (Lipinski definition) is 7. The Kier molecular flexibility index (Phi) is 13.5. The zero-order chi connectivity index (χ0) is 31.1. The number of ether oxygens (including phenoxy) is 5. The summed E-state index contributed by atoms with van der Waals surface area (Å²) >= 11 is 0. The van der Waals surface area contributed by atoms with Crippen LogP contribution < -0.4 is 19.7 Å². The van der Waals surface area contributed by atoms with Crippen LogP contribution in [0.1, 0.15) is 54.4 Å². The van der Waals surface area contributed by atoms with Gasteiger partial charge in [0, 0.05) is 57.3 Å². The molecule has 0 unspecified atom stereocenters. The van der Waals surface area contributed by atoms with Crippen molar-refractivity contribution < 1.29 is 28.5 Å². The number of methoxy groups -OCH3 is 2. The van der Waals surface area contributed by atoms with E-state index in [2.05, 4.69) is 47.8 Å². The summed E-state index contributed by atoms with van der Waals surface area (Å²) in [6.07, 6.45) is 2.64. The molecule has 1 amide bonds. The molecule has 0 radical (unpaired) electrons. The number of piperidine rings is 1. The first-order valence-electron chi connectivity index (χ1n) is 15.6. The molecule has 3 aromatic rings. The molecule has 44 heavy (non-hydrogen) atoms. The van der Waals surface area contributed by atoms with Gasteiger partial charge in [0.15, 0.2) is 0 Å². The number of nitrogens with one attached hydrogen (secondary N) is 1. The summed E-state index contributed by atoms with van der Waals surface area (Å²) in [4.78, 5) is 14.3. The van der Waals surface area contributed by atoms with E-state index in [0.29, 0.717) is 45.5 Å². The predicted molar refractivity (Wildman–Crippen MR) is 174 cm³/mol. The first-order chi connectivity index (χ1) is 21.5. The first-order valence-corrected chi connectivity index (χ1v) is 15.6. The lowest BCUT2D eigenvalue weighted by Gasteiger charge is -2.33. The van der Waals surface area contributed by atoms with Gasteiger partial charge >= 0.3 is 0 Å². The van der Waals surface area contributed by atoms with Crippen LogP contribution in [0.15, 0.2) is 66.7 Å². The molecule has 1 saturated heterocycles. The number of hydrogen-bond donors (Lipinski definition) is 1. The minimum absolute atomic E-state index is 0.0312. The van der Waals surface area contributed by atoms with Crippen molar-refractivity contribution in [2.24, 2.45) is 0 Å². The number of para-hydroxylation sites is 1. The van der Waals surface area contributed by atoms with Gasteiger partial charge in [0.05, 0.1) is 39.6 Å². The van der Waals surface area contributed by atoms with Crippen LogP contribution in [0.5, 0.6) is 11.5 Å². The second kappa shape index (κ2) is 17.8. The van der Waals surface area contributed by atoms with Gasteiger partial charge in [-0.15, -0.1) is 0 Å². The number of carbonyl (C=O) groups is 1. The smallest absolute Gasteiger partial charge is 0.223 e. The summed E-state index contributed by atoms with van der Waals surface area (Å²) in [5.74, 6) is 2.03. The van der Waals surface area contributed by atoms with Gasteiger partial charge in [0.1, 0.15) is 11.5 Å². The van der Waals surface area contributed by atoms with E-state index < -0.39 is 0 Å². The summed E-state index contributed by atoms with van der Waals surface area (Å²) in [6, 6.07) is 22.6. The summed E-state index contributed by atoms with van der Waals surface area (Å²) in [6.45, 7) is 8.88. The van der Waals surface area contributed by atoms with Crippen LogP contribution in [0.2, 0.25) is 0 Å². The van der Waals surface area contributed by atoms with E-state index in [9.17, 15) is 4.79 Å². The van der Waals surface area contributed by atoms with Gasteiger partial charge in [-0.05, 0) is 67.3 Å². The number of nitrogens with zero attached hydrogens (tertiary/aromatic N) is 1. The first kappa shape index (κ1) is 33.5. The molecular formula is C36H48N2O6. The third-order valence-corrected chi connectivity index (χ3v) is 8.03. The molecule has 1 aliphatic heterocycles. The Morgan fingerprint density at radius 3 is 2.55 bits per heavy atom. The predicted octanol–water partition coefficient (Wildman–Crippen LogP) is 6.04. The number of carbonyl (C=O) groups excluding carboxylic acids is 1. The molecule has 0 aliphatic carbocycles. The molecule has 0 aromatic heterocycles. The summed E-state index contributed by atoms with van der Waals surface area (Å²) < 4.78 is 28.9. The normalized spacial score (nSPS) is 16.5. The standard InChI is InChI=1S/C36H48N2O6/c1-27-11-12-29(23-34(27)38(28(2)39)19-7-20-40-3)25-44-36-24-37-18-17-33(36)30-13-15-32(16-14-30)43-22-8-21-42-26-31-9-5-6-10-35(31)41-4/h5-6,9-16,23,33,36-37H,7-8,17-22,24-26H2,1-4H3/t33-,36+/m1/s1. The number of anilines is 1. The molecule has 3 aromatic carbocycles. The fraction of sp³-hybridized carbons (Fsp3) is 0.472. The Labute approximate surface area is 262 Å². The van der Waals surface area contributed by atoms with E-state index in [-0.39, 0.29) is 12.0 Å². The van der Waals surface area contributed by atoms with E-state index in [1.54, 1.807) is 21.1 Å². The van der Waals surface area contributed by atoms with Crippen molar-refractivity contribution in [3.63, 3.8) is 0 Å². The minimum Gasteiger partial charge on any atom is -0.496 e. The Hall–Kier alpha value is -3.43. The molecule has 0 bridgehead atoms. The summed E-state index contributed by atoms with van der Waals surface area (Å²) in [5.41, 5.74) is 5.37. The lowest BCUT2D eigenvalue weighted by atomic mass is 9.87. The maximum absolute atomic E-state index is 12.4. The third kappa shape index (κ3) is 9.79. The van der Waals surface area contributed by atoms with Crippen molar-refractivity contribution in [3.8, 4) is 11.5 Å². The van der Waals surface area contributed by atoms with Crippen LogP contribution in [0, 0.1) is 6.92 Å². The lowest BCUT2D eigenvalue weighted by Crippen LogP contribution is -2.41. The highest BCUT2D eigenvalue weighted by Crippen LogP contribution is 2.30. The van der Waals surface area contributed by atoms with Gasteiger partial charge < -0.3 is 33.9 Å². The van der Waals surface area contributed by atoms with Gasteiger partial charge in [-0.1, -0.05) is 42.5 Å². The fourth-order valence-corrected chi connectivity index (χ4v) is 5.61. The van der Waals surface area contributed by atoms with E-state index in [1.165, 1.54) is 5.56 Å². The molecule has 1 fully saturated rings. The molecule has 1 heterocycles. The summed E-state index contributed by atoms with van der Waals surface area (Å²) in [5, 5.41) is 3.49. The fourth-order valence-electron chi connectivity index (χ4n) is 5.61. The number of amides is 1. The van der Waals surface area contributed by atoms with Gasteiger partial charge in [0.25, 0.3) is 0 Å². The molecule has 4 rings (SSSR count). The number of benzene rings is 3. The Morgan fingerprint density at radius 2 is 1.77 bits per heavy atom. The monoisotopic (exact) mass is 604 g/mol. The highest BCUT2D eigenvalue weighted by atomic mass is 16.5. The van der Waals surface area contributed by atoms with Gasteiger partial charge in [-0.25, -0.2) is 0 Å². The molecule has 2 atom stereocenters. The van der Waals surface area contributed by atoms with E-state index in [4.69, 9.17) is 23.7 Å². The maximum atomic E-state index is 12.4. The van der Waals surface area contributed by atoms with Gasteiger partial charge in [0.2, 0.25) is 5.91 Å². The average molecular weight is 605 g/mol. The van der Waals surface area contributed by atoms with Crippen LogP contribution in [-0.4, -0.2) is 65.7 Å². The third-order valence-electron chi connectivity index (χ3n) is 8.03. The lowest BCUT2D eigenvalue weighted by molar-refractivity contribution is -0.116. The average Bonchev–Trinajstić information content (AvgIpc) is 3.05. The Bertz CT molecular complexity index is 1300. The van der Waals surface area contributed by atoms with Crippen LogP contribution in [0.4, 0.5) is 5.69 Å². The highest BCUT2D eigenvalue weighted by Gasteiger charge is 2.27. The van der Waals surface area contributed by atoms with Crippen LogP contribution in [-0.2, 0) is 32.2 Å². The van der Waals surface area contributed by atoms with Crippen LogP contribution in [0.25, 0.3) is 0 Å². The second-order valence-corrected chi connectivity index (χ2v) is 11.2. The van der Waals surface area contributed by atoms with Crippen molar-refractivity contribution >= 4 is 11.6 Å². The molecular weight excluding hydrogens is 556 g/mol. The summed E-state index contributed by atoms with van der Waals surface area (Å²) in [7, 11) is 3.36. The van der Waals surface area contributed by atoms with Crippen LogP contribution >= 0.6 is 0 Å². The van der Waals surface area contributed by atoms with Gasteiger partial charge in [-0.2, -0.15) is 0 Å². The Morgan fingerprint density at radius 1 is 0.955 bits per heavy atom. The molecule has 1 N–H and O–H groups in total. The highest BCUT2D eigenvalue weighted by molar-refractivity contribution is 5.92. The van der Waals surface area contributed by atoms with E-state index >= 15 is 0 Å². The SMILES string of the molecule is COCCCN(C(C)=O)c1cc(CO[C@H]2CNCC[C@@H]2c2ccc(OCCCOCc3ccccc3OC)cc2)ccc1C. The molecule has 0 saturated carbocycles. The van der Waals surface area contributed by atoms with E-state index in [0.717, 1.165) is 66.2 Å².